The quantitative estimate of drug-likeness (QED) is 0.565. The lowest BCUT2D eigenvalue weighted by molar-refractivity contribution is -0.145. The molecule has 0 saturated carbocycles. The molecule has 1 N–H and O–H groups in total. The summed E-state index contributed by atoms with van der Waals surface area (Å²) in [6.07, 6.45) is 0.154. The zero-order valence-corrected chi connectivity index (χ0v) is 16.7. The largest absolute Gasteiger partial charge is 0.456 e. The molecule has 0 aromatic heterocycles. The molecule has 28 heavy (non-hydrogen) atoms. The molecule has 2 heterocycles. The van der Waals surface area contributed by atoms with Crippen LogP contribution in [-0.2, 0) is 32.0 Å². The maximum atomic E-state index is 12.2. The van der Waals surface area contributed by atoms with Gasteiger partial charge in [-0.1, -0.05) is 24.4 Å². The highest BCUT2D eigenvalue weighted by atomic mass is 32.1. The standard InChI is InChI=1S/C19H23N3O5S/c1-12(28)20-8-16-10-21(19(25)27-16)9-14-3-4-17-15(7-14)5-6-22(17)18(24)11-26-13(2)23/h3-4,7,16H,5-6,8-11H2,1-2H3,(H,20,28)/t16-/m1/s1. The van der Waals surface area contributed by atoms with Crippen LogP contribution in [-0.4, -0.2) is 60.2 Å². The number of esters is 1. The molecule has 0 radical (unpaired) electrons. The highest BCUT2D eigenvalue weighted by Gasteiger charge is 2.31. The van der Waals surface area contributed by atoms with Gasteiger partial charge in [0.2, 0.25) is 0 Å². The number of thiocarbonyl (C=S) groups is 1. The molecule has 0 aliphatic carbocycles. The van der Waals surface area contributed by atoms with Gasteiger partial charge < -0.3 is 24.6 Å². The maximum Gasteiger partial charge on any atom is 0.410 e. The number of hydrogen-bond donors (Lipinski definition) is 1. The van der Waals surface area contributed by atoms with Crippen LogP contribution in [0, 0.1) is 0 Å². The molecule has 1 fully saturated rings. The first kappa shape index (κ1) is 20.1. The Hall–Kier alpha value is -2.68. The van der Waals surface area contributed by atoms with Crippen molar-refractivity contribution in [1.29, 1.82) is 0 Å². The molecule has 0 unspecified atom stereocenters. The number of amides is 2. The van der Waals surface area contributed by atoms with E-state index in [2.05, 4.69) is 5.32 Å². The van der Waals surface area contributed by atoms with Gasteiger partial charge in [-0.05, 0) is 30.5 Å². The Morgan fingerprint density at radius 3 is 2.86 bits per heavy atom. The first-order valence-corrected chi connectivity index (χ1v) is 9.50. The van der Waals surface area contributed by atoms with Crippen LogP contribution < -0.4 is 10.2 Å². The van der Waals surface area contributed by atoms with Crippen molar-refractivity contribution in [2.45, 2.75) is 32.9 Å². The van der Waals surface area contributed by atoms with Gasteiger partial charge in [0.05, 0.1) is 18.1 Å². The Kier molecular flexibility index (Phi) is 6.13. The van der Waals surface area contributed by atoms with Crippen molar-refractivity contribution < 1.29 is 23.9 Å². The van der Waals surface area contributed by atoms with Crippen molar-refractivity contribution in [3.8, 4) is 0 Å². The van der Waals surface area contributed by atoms with Crippen LogP contribution in [0.15, 0.2) is 18.2 Å². The fourth-order valence-electron chi connectivity index (χ4n) is 3.34. The zero-order chi connectivity index (χ0) is 20.3. The summed E-state index contributed by atoms with van der Waals surface area (Å²) < 4.78 is 10.2. The van der Waals surface area contributed by atoms with Gasteiger partial charge >= 0.3 is 12.1 Å². The number of nitrogens with one attached hydrogen (secondary N) is 1. The molecule has 150 valence electrons. The lowest BCUT2D eigenvalue weighted by Gasteiger charge is -2.18. The summed E-state index contributed by atoms with van der Waals surface area (Å²) in [6, 6.07) is 5.78. The molecule has 2 amide bonds. The van der Waals surface area contributed by atoms with E-state index in [9.17, 15) is 14.4 Å². The number of fused-ring (bicyclic) bond motifs is 1. The summed E-state index contributed by atoms with van der Waals surface area (Å²) in [4.78, 5) is 39.2. The Balaban J connectivity index is 1.60. The van der Waals surface area contributed by atoms with Crippen LogP contribution >= 0.6 is 12.2 Å². The molecule has 1 aromatic rings. The molecular weight excluding hydrogens is 382 g/mol. The minimum Gasteiger partial charge on any atom is -0.456 e. The molecule has 8 nitrogen and oxygen atoms in total. The third kappa shape index (κ3) is 4.78. The van der Waals surface area contributed by atoms with Gasteiger partial charge in [0, 0.05) is 25.7 Å². The van der Waals surface area contributed by atoms with Gasteiger partial charge in [-0.15, -0.1) is 0 Å². The van der Waals surface area contributed by atoms with E-state index in [0.29, 0.717) is 31.2 Å². The Labute approximate surface area is 168 Å². The van der Waals surface area contributed by atoms with Crippen LogP contribution in [0.2, 0.25) is 0 Å². The second-order valence-corrected chi connectivity index (χ2v) is 7.47. The van der Waals surface area contributed by atoms with E-state index in [1.807, 2.05) is 18.2 Å². The normalized spacial score (nSPS) is 17.9. The second kappa shape index (κ2) is 8.55. The zero-order valence-electron chi connectivity index (χ0n) is 15.9. The van der Waals surface area contributed by atoms with E-state index in [1.54, 1.807) is 16.7 Å². The molecule has 0 spiro atoms. The minimum absolute atomic E-state index is 0.228. The summed E-state index contributed by atoms with van der Waals surface area (Å²) in [7, 11) is 0. The van der Waals surface area contributed by atoms with Crippen LogP contribution in [0.3, 0.4) is 0 Å². The van der Waals surface area contributed by atoms with E-state index in [-0.39, 0.29) is 24.7 Å². The number of nitrogens with zero attached hydrogens (tertiary/aromatic N) is 2. The van der Waals surface area contributed by atoms with Crippen molar-refractivity contribution in [3.05, 3.63) is 29.3 Å². The predicted molar refractivity (Wildman–Crippen MR) is 106 cm³/mol. The number of rotatable bonds is 6. The molecule has 1 saturated heterocycles. The third-order valence-corrected chi connectivity index (χ3v) is 4.79. The number of carbonyl (C=O) groups excluding carboxylic acids is 3. The van der Waals surface area contributed by atoms with E-state index in [4.69, 9.17) is 21.7 Å². The van der Waals surface area contributed by atoms with Crippen molar-refractivity contribution in [1.82, 2.24) is 10.2 Å². The fourth-order valence-corrected chi connectivity index (χ4v) is 3.43. The number of ether oxygens (including phenoxy) is 2. The number of benzene rings is 1. The Morgan fingerprint density at radius 1 is 1.36 bits per heavy atom. The number of anilines is 1. The SMILES string of the molecule is CC(=O)OCC(=O)N1CCc2cc(CN3C[C@@H](CNC(C)=S)OC3=O)ccc21. The highest BCUT2D eigenvalue weighted by Crippen LogP contribution is 2.29. The van der Waals surface area contributed by atoms with E-state index in [1.165, 1.54) is 6.92 Å². The van der Waals surface area contributed by atoms with Crippen molar-refractivity contribution in [3.63, 3.8) is 0 Å². The maximum absolute atomic E-state index is 12.2. The molecule has 3 rings (SSSR count). The van der Waals surface area contributed by atoms with E-state index >= 15 is 0 Å². The fraction of sp³-hybridized carbons (Fsp3) is 0.474. The predicted octanol–water partition coefficient (Wildman–Crippen LogP) is 1.40. The van der Waals surface area contributed by atoms with Gasteiger partial charge in [0.25, 0.3) is 5.91 Å². The van der Waals surface area contributed by atoms with Crippen LogP contribution in [0.4, 0.5) is 10.5 Å². The molecule has 1 aromatic carbocycles. The van der Waals surface area contributed by atoms with Crippen molar-refractivity contribution in [2.24, 2.45) is 0 Å². The van der Waals surface area contributed by atoms with Crippen LogP contribution in [0.1, 0.15) is 25.0 Å². The number of hydrogen-bond acceptors (Lipinski definition) is 6. The number of cyclic esters (lactones) is 1. The monoisotopic (exact) mass is 405 g/mol. The molecule has 2 aliphatic heterocycles. The summed E-state index contributed by atoms with van der Waals surface area (Å²) >= 11 is 4.98. The van der Waals surface area contributed by atoms with Crippen molar-refractivity contribution in [2.75, 3.05) is 31.1 Å². The molecule has 1 atom stereocenters. The number of carbonyl (C=O) groups is 3. The van der Waals surface area contributed by atoms with Gasteiger partial charge in [-0.25, -0.2) is 4.79 Å². The highest BCUT2D eigenvalue weighted by molar-refractivity contribution is 7.80. The summed E-state index contributed by atoms with van der Waals surface area (Å²) in [5.74, 6) is -0.719. The van der Waals surface area contributed by atoms with Gasteiger partial charge in [-0.2, -0.15) is 0 Å². The average Bonchev–Trinajstić information content (AvgIpc) is 3.21. The van der Waals surface area contributed by atoms with Gasteiger partial charge in [0.1, 0.15) is 6.10 Å². The lowest BCUT2D eigenvalue weighted by Crippen LogP contribution is -2.33. The average molecular weight is 405 g/mol. The summed E-state index contributed by atoms with van der Waals surface area (Å²) in [6.45, 7) is 4.80. The second-order valence-electron chi connectivity index (χ2n) is 6.86. The lowest BCUT2D eigenvalue weighted by atomic mass is 10.1. The Bertz CT molecular complexity index is 813. The third-order valence-electron chi connectivity index (χ3n) is 4.64. The summed E-state index contributed by atoms with van der Waals surface area (Å²) in [5.41, 5.74) is 2.84. The van der Waals surface area contributed by atoms with E-state index in [0.717, 1.165) is 23.2 Å². The van der Waals surface area contributed by atoms with Crippen molar-refractivity contribution >= 4 is 40.9 Å². The first-order valence-electron chi connectivity index (χ1n) is 9.09. The molecular formula is C19H23N3O5S. The van der Waals surface area contributed by atoms with Gasteiger partial charge in [0.15, 0.2) is 6.61 Å². The summed E-state index contributed by atoms with van der Waals surface area (Å²) in [5, 5.41) is 3.02. The topological polar surface area (TPSA) is 88.2 Å². The molecule has 2 aliphatic rings. The van der Waals surface area contributed by atoms with Crippen LogP contribution in [0.5, 0.6) is 0 Å². The molecule has 9 heteroatoms. The van der Waals surface area contributed by atoms with Crippen LogP contribution in [0.25, 0.3) is 0 Å². The molecule has 0 bridgehead atoms. The first-order chi connectivity index (χ1) is 13.3. The van der Waals surface area contributed by atoms with Gasteiger partial charge in [-0.3, -0.25) is 9.59 Å². The minimum atomic E-state index is -0.477. The van der Waals surface area contributed by atoms with E-state index < -0.39 is 5.97 Å². The smallest absolute Gasteiger partial charge is 0.410 e. The Morgan fingerprint density at radius 2 is 2.14 bits per heavy atom.